The summed E-state index contributed by atoms with van der Waals surface area (Å²) in [7, 11) is 3.26. The summed E-state index contributed by atoms with van der Waals surface area (Å²) < 4.78 is 17.2. The van der Waals surface area contributed by atoms with Gasteiger partial charge in [-0.05, 0) is 73.2 Å². The molecule has 0 spiro atoms. The molecule has 0 saturated heterocycles. The van der Waals surface area contributed by atoms with E-state index in [0.717, 1.165) is 34.4 Å². The van der Waals surface area contributed by atoms with E-state index in [2.05, 4.69) is 19.9 Å². The van der Waals surface area contributed by atoms with Crippen LogP contribution in [0.3, 0.4) is 0 Å². The second-order valence-corrected chi connectivity index (χ2v) is 8.06. The zero-order valence-electron chi connectivity index (χ0n) is 18.2. The number of methoxy groups -OCH3 is 2. The first-order valence-corrected chi connectivity index (χ1v) is 10.8. The van der Waals surface area contributed by atoms with Gasteiger partial charge in [-0.3, -0.25) is 4.79 Å². The van der Waals surface area contributed by atoms with Crippen LogP contribution in [0.1, 0.15) is 41.1 Å². The van der Waals surface area contributed by atoms with Crippen LogP contribution >= 0.6 is 11.6 Å². The summed E-state index contributed by atoms with van der Waals surface area (Å²) in [6, 6.07) is 9.94. The Labute approximate surface area is 183 Å². The van der Waals surface area contributed by atoms with E-state index in [1.54, 1.807) is 14.2 Å². The zero-order valence-corrected chi connectivity index (χ0v) is 18.9. The predicted octanol–water partition coefficient (Wildman–Crippen LogP) is 4.84. The number of benzene rings is 2. The number of ether oxygens (including phenoxy) is 3. The molecule has 0 fully saturated rings. The van der Waals surface area contributed by atoms with E-state index < -0.39 is 0 Å². The van der Waals surface area contributed by atoms with Crippen molar-refractivity contribution in [1.29, 1.82) is 0 Å². The van der Waals surface area contributed by atoms with Crippen LogP contribution in [0.5, 0.6) is 17.2 Å². The number of aryl methyl sites for hydroxylation is 2. The Kier molecular flexibility index (Phi) is 7.48. The van der Waals surface area contributed by atoms with E-state index >= 15 is 0 Å². The quantitative estimate of drug-likeness (QED) is 0.561. The number of halogens is 1. The highest BCUT2D eigenvalue weighted by molar-refractivity contribution is 6.17. The topological polar surface area (TPSA) is 48.0 Å². The molecule has 5 nitrogen and oxygen atoms in total. The lowest BCUT2D eigenvalue weighted by atomic mass is 9.91. The van der Waals surface area contributed by atoms with Gasteiger partial charge in [-0.25, -0.2) is 0 Å². The Bertz CT molecular complexity index is 879. The van der Waals surface area contributed by atoms with Crippen LogP contribution in [0, 0.1) is 13.8 Å². The monoisotopic (exact) mass is 431 g/mol. The normalized spacial score (nSPS) is 15.5. The minimum absolute atomic E-state index is 0.102. The molecule has 0 N–H and O–H groups in total. The number of alkyl halides is 1. The van der Waals surface area contributed by atoms with Gasteiger partial charge in [0, 0.05) is 18.8 Å². The second-order valence-electron chi connectivity index (χ2n) is 7.69. The molecular weight excluding hydrogens is 402 g/mol. The molecule has 0 aliphatic carbocycles. The third kappa shape index (κ3) is 5.01. The highest BCUT2D eigenvalue weighted by Crippen LogP contribution is 2.38. The summed E-state index contributed by atoms with van der Waals surface area (Å²) in [5, 5.41) is 0. The number of carbonyl (C=O) groups is 1. The minimum atomic E-state index is -0.197. The van der Waals surface area contributed by atoms with E-state index in [9.17, 15) is 4.79 Å². The average Bonchev–Trinajstić information content (AvgIpc) is 2.73. The molecule has 1 heterocycles. The number of carbonyl (C=O) groups excluding carboxylic acids is 1. The molecule has 30 heavy (non-hydrogen) atoms. The summed E-state index contributed by atoms with van der Waals surface area (Å²) in [6.07, 6.45) is 1.87. The third-order valence-corrected chi connectivity index (χ3v) is 5.72. The number of hydrogen-bond donors (Lipinski definition) is 0. The van der Waals surface area contributed by atoms with Crippen molar-refractivity contribution < 1.29 is 19.0 Å². The largest absolute Gasteiger partial charge is 0.493 e. The van der Waals surface area contributed by atoms with Crippen LogP contribution in [-0.4, -0.2) is 44.1 Å². The Morgan fingerprint density at radius 3 is 2.37 bits per heavy atom. The van der Waals surface area contributed by atoms with Crippen LogP contribution in [0.4, 0.5) is 0 Å². The van der Waals surface area contributed by atoms with Crippen molar-refractivity contribution >= 4 is 17.5 Å². The molecule has 1 unspecified atom stereocenters. The average molecular weight is 432 g/mol. The molecule has 0 saturated carbocycles. The van der Waals surface area contributed by atoms with Crippen molar-refractivity contribution in [2.75, 3.05) is 33.3 Å². The fraction of sp³-hybridized carbons (Fsp3) is 0.458. The fourth-order valence-corrected chi connectivity index (χ4v) is 4.19. The van der Waals surface area contributed by atoms with E-state index in [1.165, 1.54) is 0 Å². The van der Waals surface area contributed by atoms with Gasteiger partial charge < -0.3 is 19.1 Å². The van der Waals surface area contributed by atoms with Crippen LogP contribution in [0.25, 0.3) is 0 Å². The van der Waals surface area contributed by atoms with Gasteiger partial charge in [-0.2, -0.15) is 0 Å². The fourth-order valence-electron chi connectivity index (χ4n) is 4.06. The predicted molar refractivity (Wildman–Crippen MR) is 119 cm³/mol. The molecule has 1 atom stereocenters. The molecule has 2 aromatic rings. The Balaban J connectivity index is 1.93. The van der Waals surface area contributed by atoms with E-state index in [-0.39, 0.29) is 11.9 Å². The van der Waals surface area contributed by atoms with Gasteiger partial charge in [-0.1, -0.05) is 6.07 Å². The molecule has 0 radical (unpaired) electrons. The highest BCUT2D eigenvalue weighted by Gasteiger charge is 2.32. The standard InChI is InChI=1S/C24H30ClNO4/c1-16-10-17(2)12-19(11-16)30-15-21-20-14-23(29-4)22(28-3)13-18(20)7-9-26(21)24(27)6-5-8-25/h10-14,21H,5-9,15H2,1-4H3. The molecule has 0 aromatic heterocycles. The molecule has 1 aliphatic rings. The number of fused-ring (bicyclic) bond motifs is 1. The lowest BCUT2D eigenvalue weighted by Crippen LogP contribution is -2.42. The molecule has 1 aliphatic heterocycles. The first-order chi connectivity index (χ1) is 14.5. The summed E-state index contributed by atoms with van der Waals surface area (Å²) >= 11 is 5.82. The van der Waals surface area contributed by atoms with Crippen LogP contribution in [-0.2, 0) is 11.2 Å². The minimum Gasteiger partial charge on any atom is -0.493 e. The van der Waals surface area contributed by atoms with Gasteiger partial charge in [0.1, 0.15) is 12.4 Å². The number of amides is 1. The lowest BCUT2D eigenvalue weighted by Gasteiger charge is -2.37. The van der Waals surface area contributed by atoms with Crippen LogP contribution in [0.2, 0.25) is 0 Å². The maximum atomic E-state index is 12.9. The van der Waals surface area contributed by atoms with Crippen molar-refractivity contribution in [2.24, 2.45) is 0 Å². The molecule has 1 amide bonds. The molecule has 3 rings (SSSR count). The van der Waals surface area contributed by atoms with Crippen molar-refractivity contribution in [3.05, 3.63) is 52.6 Å². The van der Waals surface area contributed by atoms with Gasteiger partial charge in [0.15, 0.2) is 11.5 Å². The summed E-state index contributed by atoms with van der Waals surface area (Å²) in [5.74, 6) is 2.75. The van der Waals surface area contributed by atoms with Crippen molar-refractivity contribution in [2.45, 2.75) is 39.2 Å². The number of nitrogens with zero attached hydrogens (tertiary/aromatic N) is 1. The molecule has 0 bridgehead atoms. The van der Waals surface area contributed by atoms with Gasteiger partial charge >= 0.3 is 0 Å². The second kappa shape index (κ2) is 10.1. The van der Waals surface area contributed by atoms with E-state index in [4.69, 9.17) is 25.8 Å². The maximum absolute atomic E-state index is 12.9. The number of hydrogen-bond acceptors (Lipinski definition) is 4. The van der Waals surface area contributed by atoms with E-state index in [1.807, 2.05) is 29.2 Å². The Morgan fingerprint density at radius 2 is 1.73 bits per heavy atom. The summed E-state index contributed by atoms with van der Waals surface area (Å²) in [5.41, 5.74) is 4.50. The van der Waals surface area contributed by atoms with Gasteiger partial charge in [-0.15, -0.1) is 11.6 Å². The van der Waals surface area contributed by atoms with Gasteiger partial charge in [0.05, 0.1) is 20.3 Å². The first-order valence-electron chi connectivity index (χ1n) is 10.3. The van der Waals surface area contributed by atoms with E-state index in [0.29, 0.717) is 43.4 Å². The summed E-state index contributed by atoms with van der Waals surface area (Å²) in [4.78, 5) is 14.9. The molecular formula is C24H30ClNO4. The first kappa shape index (κ1) is 22.3. The lowest BCUT2D eigenvalue weighted by molar-refractivity contribution is -0.134. The van der Waals surface area contributed by atoms with Crippen molar-refractivity contribution in [1.82, 2.24) is 4.90 Å². The summed E-state index contributed by atoms with van der Waals surface area (Å²) in [6.45, 7) is 5.12. The SMILES string of the molecule is COc1cc2c(cc1OC)C(COc1cc(C)cc(C)c1)N(C(=O)CCCCl)CC2. The Morgan fingerprint density at radius 1 is 1.07 bits per heavy atom. The van der Waals surface area contributed by atoms with Crippen molar-refractivity contribution in [3.63, 3.8) is 0 Å². The molecule has 6 heteroatoms. The Hall–Kier alpha value is -2.40. The van der Waals surface area contributed by atoms with Gasteiger partial charge in [0.2, 0.25) is 5.91 Å². The zero-order chi connectivity index (χ0) is 21.7. The smallest absolute Gasteiger partial charge is 0.223 e. The number of rotatable bonds is 8. The van der Waals surface area contributed by atoms with Crippen LogP contribution < -0.4 is 14.2 Å². The third-order valence-electron chi connectivity index (χ3n) is 5.45. The van der Waals surface area contributed by atoms with Gasteiger partial charge in [0.25, 0.3) is 0 Å². The maximum Gasteiger partial charge on any atom is 0.223 e. The van der Waals surface area contributed by atoms with Crippen molar-refractivity contribution in [3.8, 4) is 17.2 Å². The highest BCUT2D eigenvalue weighted by atomic mass is 35.5. The van der Waals surface area contributed by atoms with Crippen LogP contribution in [0.15, 0.2) is 30.3 Å². The molecule has 2 aromatic carbocycles. The molecule has 162 valence electrons.